The Labute approximate surface area is 108 Å². The summed E-state index contributed by atoms with van der Waals surface area (Å²) in [6.45, 7) is 3.21. The highest BCUT2D eigenvalue weighted by Gasteiger charge is 2.26. The molecule has 0 spiro atoms. The van der Waals surface area contributed by atoms with Crippen molar-refractivity contribution in [2.24, 2.45) is 5.92 Å². The van der Waals surface area contributed by atoms with Gasteiger partial charge in [0.15, 0.2) is 0 Å². The molecule has 18 heavy (non-hydrogen) atoms. The van der Waals surface area contributed by atoms with E-state index in [1.807, 2.05) is 12.4 Å². The number of aromatic nitrogens is 1. The Balaban J connectivity index is 1.98. The fourth-order valence-electron chi connectivity index (χ4n) is 2.71. The number of hydrogen-bond donors (Lipinski definition) is 1. The minimum atomic E-state index is 0.494. The molecule has 1 heterocycles. The van der Waals surface area contributed by atoms with Gasteiger partial charge in [-0.1, -0.05) is 38.0 Å². The van der Waals surface area contributed by atoms with Crippen LogP contribution in [0.4, 0.5) is 0 Å². The lowest BCUT2D eigenvalue weighted by atomic mass is 9.96. The number of benzene rings is 1. The zero-order valence-corrected chi connectivity index (χ0v) is 10.9. The minimum absolute atomic E-state index is 0.494. The van der Waals surface area contributed by atoms with Gasteiger partial charge in [0.25, 0.3) is 0 Å². The van der Waals surface area contributed by atoms with Gasteiger partial charge in [-0.05, 0) is 35.9 Å². The molecule has 1 unspecified atom stereocenters. The van der Waals surface area contributed by atoms with Gasteiger partial charge in [0.1, 0.15) is 0 Å². The molecule has 1 atom stereocenters. The van der Waals surface area contributed by atoms with E-state index in [2.05, 4.69) is 41.5 Å². The smallest absolute Gasteiger partial charge is 0.0346 e. The van der Waals surface area contributed by atoms with E-state index in [1.54, 1.807) is 0 Å². The Hall–Kier alpha value is -1.41. The van der Waals surface area contributed by atoms with Crippen molar-refractivity contribution in [2.45, 2.75) is 32.2 Å². The molecule has 1 N–H and O–H groups in total. The van der Waals surface area contributed by atoms with Crippen LogP contribution in [-0.2, 0) is 0 Å². The molecular formula is C16H20N2. The molecule has 2 nitrogen and oxygen atoms in total. The number of pyridine rings is 1. The van der Waals surface area contributed by atoms with Crippen LogP contribution in [-0.4, -0.2) is 11.5 Å². The quantitative estimate of drug-likeness (QED) is 0.862. The molecule has 1 aromatic heterocycles. The summed E-state index contributed by atoms with van der Waals surface area (Å²) in [5, 5.41) is 6.23. The molecule has 0 bridgehead atoms. The summed E-state index contributed by atoms with van der Waals surface area (Å²) in [5.74, 6) is 0.936. The fraction of sp³-hybridized carbons (Fsp3) is 0.438. The van der Waals surface area contributed by atoms with E-state index in [0.717, 1.165) is 12.5 Å². The number of nitrogens with one attached hydrogen (secondary N) is 1. The van der Waals surface area contributed by atoms with Crippen molar-refractivity contribution in [1.29, 1.82) is 0 Å². The summed E-state index contributed by atoms with van der Waals surface area (Å²) in [7, 11) is 0. The van der Waals surface area contributed by atoms with Gasteiger partial charge in [0.2, 0.25) is 0 Å². The highest BCUT2D eigenvalue weighted by molar-refractivity contribution is 5.85. The van der Waals surface area contributed by atoms with Gasteiger partial charge < -0.3 is 5.32 Å². The predicted molar refractivity (Wildman–Crippen MR) is 75.5 cm³/mol. The van der Waals surface area contributed by atoms with Crippen LogP contribution in [0.1, 0.15) is 37.8 Å². The van der Waals surface area contributed by atoms with Crippen LogP contribution < -0.4 is 5.32 Å². The summed E-state index contributed by atoms with van der Waals surface area (Å²) >= 11 is 0. The first-order valence-corrected chi connectivity index (χ1v) is 6.94. The molecule has 2 heteroatoms. The zero-order valence-electron chi connectivity index (χ0n) is 10.9. The second-order valence-electron chi connectivity index (χ2n) is 5.23. The van der Waals surface area contributed by atoms with Crippen molar-refractivity contribution in [1.82, 2.24) is 10.3 Å². The van der Waals surface area contributed by atoms with Gasteiger partial charge in [-0.25, -0.2) is 0 Å². The predicted octanol–water partition coefficient (Wildman–Crippen LogP) is 3.69. The van der Waals surface area contributed by atoms with E-state index < -0.39 is 0 Å². The maximum atomic E-state index is 4.21. The average Bonchev–Trinajstić information content (AvgIpc) is 3.22. The van der Waals surface area contributed by atoms with Crippen molar-refractivity contribution in [2.75, 3.05) is 6.54 Å². The van der Waals surface area contributed by atoms with Gasteiger partial charge in [-0.3, -0.25) is 4.98 Å². The number of fused-ring (bicyclic) bond motifs is 1. The Morgan fingerprint density at radius 2 is 2.22 bits per heavy atom. The molecule has 1 aliphatic rings. The van der Waals surface area contributed by atoms with E-state index >= 15 is 0 Å². The summed E-state index contributed by atoms with van der Waals surface area (Å²) in [4.78, 5) is 4.21. The molecule has 3 rings (SSSR count). The van der Waals surface area contributed by atoms with Gasteiger partial charge in [0, 0.05) is 23.8 Å². The second kappa shape index (κ2) is 5.07. The lowest BCUT2D eigenvalue weighted by Gasteiger charge is -2.20. The third kappa shape index (κ3) is 2.39. The monoisotopic (exact) mass is 240 g/mol. The molecule has 0 aliphatic heterocycles. The van der Waals surface area contributed by atoms with Crippen molar-refractivity contribution >= 4 is 10.8 Å². The van der Waals surface area contributed by atoms with E-state index in [9.17, 15) is 0 Å². The molecule has 1 fully saturated rings. The van der Waals surface area contributed by atoms with Gasteiger partial charge >= 0.3 is 0 Å². The third-order valence-electron chi connectivity index (χ3n) is 3.81. The largest absolute Gasteiger partial charge is 0.310 e. The van der Waals surface area contributed by atoms with E-state index in [4.69, 9.17) is 0 Å². The Kier molecular flexibility index (Phi) is 3.28. The molecule has 0 radical (unpaired) electrons. The van der Waals surface area contributed by atoms with Crippen LogP contribution in [0, 0.1) is 5.92 Å². The van der Waals surface area contributed by atoms with E-state index in [0.29, 0.717) is 6.04 Å². The maximum Gasteiger partial charge on any atom is 0.0346 e. The van der Waals surface area contributed by atoms with Crippen LogP contribution >= 0.6 is 0 Å². The third-order valence-corrected chi connectivity index (χ3v) is 3.81. The first-order valence-electron chi connectivity index (χ1n) is 6.94. The summed E-state index contributed by atoms with van der Waals surface area (Å²) in [6.07, 6.45) is 7.95. The number of hydrogen-bond acceptors (Lipinski definition) is 2. The first-order chi connectivity index (χ1) is 8.88. The van der Waals surface area contributed by atoms with Crippen molar-refractivity contribution in [3.63, 3.8) is 0 Å². The average molecular weight is 240 g/mol. The van der Waals surface area contributed by atoms with Gasteiger partial charge in [0.05, 0.1) is 0 Å². The molecule has 0 saturated heterocycles. The fourth-order valence-corrected chi connectivity index (χ4v) is 2.71. The van der Waals surface area contributed by atoms with Gasteiger partial charge in [-0.2, -0.15) is 0 Å². The molecule has 2 aromatic rings. The standard InChI is InChI=1S/C16H20N2/c1-2-18-16(10-12-6-7-12)15-5-3-4-13-11-17-9-8-14(13)15/h3-5,8-9,11-12,16,18H,2,6-7,10H2,1H3. The molecule has 1 aromatic carbocycles. The summed E-state index contributed by atoms with van der Waals surface area (Å²) in [6, 6.07) is 9.19. The van der Waals surface area contributed by atoms with Crippen LogP contribution in [0.5, 0.6) is 0 Å². The van der Waals surface area contributed by atoms with E-state index in [1.165, 1.54) is 35.6 Å². The van der Waals surface area contributed by atoms with Crippen molar-refractivity contribution < 1.29 is 0 Å². The normalized spacial score (nSPS) is 16.9. The summed E-state index contributed by atoms with van der Waals surface area (Å²) < 4.78 is 0. The second-order valence-corrected chi connectivity index (χ2v) is 5.23. The minimum Gasteiger partial charge on any atom is -0.310 e. The number of nitrogens with zero attached hydrogens (tertiary/aromatic N) is 1. The van der Waals surface area contributed by atoms with Crippen LogP contribution in [0.3, 0.4) is 0 Å². The van der Waals surface area contributed by atoms with Crippen LogP contribution in [0.2, 0.25) is 0 Å². The molecule has 0 amide bonds. The lowest BCUT2D eigenvalue weighted by molar-refractivity contribution is 0.489. The first kappa shape index (κ1) is 11.7. The Morgan fingerprint density at radius 3 is 3.00 bits per heavy atom. The molecule has 94 valence electrons. The summed E-state index contributed by atoms with van der Waals surface area (Å²) in [5.41, 5.74) is 1.43. The van der Waals surface area contributed by atoms with Gasteiger partial charge in [-0.15, -0.1) is 0 Å². The Bertz CT molecular complexity index is 526. The maximum absolute atomic E-state index is 4.21. The SMILES string of the molecule is CCNC(CC1CC1)c1cccc2cnccc12. The molecule has 1 aliphatic carbocycles. The lowest BCUT2D eigenvalue weighted by Crippen LogP contribution is -2.21. The zero-order chi connectivity index (χ0) is 12.4. The topological polar surface area (TPSA) is 24.9 Å². The van der Waals surface area contributed by atoms with Crippen LogP contribution in [0.25, 0.3) is 10.8 Å². The van der Waals surface area contributed by atoms with Crippen molar-refractivity contribution in [3.8, 4) is 0 Å². The Morgan fingerprint density at radius 1 is 1.33 bits per heavy atom. The number of rotatable bonds is 5. The highest BCUT2D eigenvalue weighted by Crippen LogP contribution is 2.38. The molecule has 1 saturated carbocycles. The van der Waals surface area contributed by atoms with Crippen LogP contribution in [0.15, 0.2) is 36.7 Å². The highest BCUT2D eigenvalue weighted by atomic mass is 14.9. The van der Waals surface area contributed by atoms with Crippen molar-refractivity contribution in [3.05, 3.63) is 42.2 Å². The van der Waals surface area contributed by atoms with E-state index in [-0.39, 0.29) is 0 Å². The molecular weight excluding hydrogens is 220 g/mol.